The van der Waals surface area contributed by atoms with Crippen LogP contribution in [0.3, 0.4) is 0 Å². The quantitative estimate of drug-likeness (QED) is 0.449. The maximum Gasteiger partial charge on any atom is 0.236 e. The summed E-state index contributed by atoms with van der Waals surface area (Å²) in [6.07, 6.45) is 11.1. The number of hydrogen-bond acceptors (Lipinski definition) is 7. The van der Waals surface area contributed by atoms with Crippen LogP contribution in [-0.2, 0) is 10.2 Å². The first-order chi connectivity index (χ1) is 16.6. The van der Waals surface area contributed by atoms with Crippen LogP contribution in [0.4, 0.5) is 11.8 Å². The van der Waals surface area contributed by atoms with Crippen LogP contribution in [0.15, 0.2) is 73.4 Å². The lowest BCUT2D eigenvalue weighted by atomic mass is 9.63. The summed E-state index contributed by atoms with van der Waals surface area (Å²) in [4.78, 5) is 30.1. The highest BCUT2D eigenvalue weighted by molar-refractivity contribution is 5.99. The van der Waals surface area contributed by atoms with E-state index in [9.17, 15) is 4.79 Å². The molecule has 0 saturated heterocycles. The van der Waals surface area contributed by atoms with Gasteiger partial charge in [-0.2, -0.15) is 0 Å². The van der Waals surface area contributed by atoms with Gasteiger partial charge in [-0.15, -0.1) is 0 Å². The Balaban J connectivity index is 1.32. The molecule has 0 unspecified atom stereocenters. The Bertz CT molecular complexity index is 1300. The second-order valence-corrected chi connectivity index (χ2v) is 8.34. The molecule has 170 valence electrons. The van der Waals surface area contributed by atoms with Gasteiger partial charge < -0.3 is 15.8 Å². The summed E-state index contributed by atoms with van der Waals surface area (Å²) in [6, 6.07) is 13.6. The third-order valence-corrected chi connectivity index (χ3v) is 6.37. The smallest absolute Gasteiger partial charge is 0.236 e. The molecule has 0 radical (unpaired) electrons. The number of pyridine rings is 2. The number of amides is 1. The first kappa shape index (κ1) is 21.5. The van der Waals surface area contributed by atoms with Crippen LogP contribution in [0, 0.1) is 0 Å². The van der Waals surface area contributed by atoms with Crippen molar-refractivity contribution in [3.63, 3.8) is 0 Å². The lowest BCUT2D eigenvalue weighted by Gasteiger charge is -2.40. The van der Waals surface area contributed by atoms with E-state index in [0.717, 1.165) is 47.1 Å². The van der Waals surface area contributed by atoms with Crippen LogP contribution in [0.25, 0.3) is 22.3 Å². The molecule has 1 aliphatic carbocycles. The Morgan fingerprint density at radius 2 is 1.59 bits per heavy atom. The second-order valence-electron chi connectivity index (χ2n) is 8.34. The van der Waals surface area contributed by atoms with E-state index in [-0.39, 0.29) is 11.9 Å². The van der Waals surface area contributed by atoms with Gasteiger partial charge in [-0.1, -0.05) is 30.7 Å². The molecule has 3 aromatic heterocycles. The maximum absolute atomic E-state index is 13.3. The van der Waals surface area contributed by atoms with Crippen LogP contribution in [0.1, 0.15) is 24.8 Å². The number of ether oxygens (including phenoxy) is 1. The van der Waals surface area contributed by atoms with Crippen LogP contribution in [-0.4, -0.2) is 33.0 Å². The molecule has 8 nitrogen and oxygen atoms in total. The summed E-state index contributed by atoms with van der Waals surface area (Å²) >= 11 is 0. The van der Waals surface area contributed by atoms with Gasteiger partial charge in [0.1, 0.15) is 11.6 Å². The van der Waals surface area contributed by atoms with Gasteiger partial charge in [-0.05, 0) is 42.2 Å². The molecule has 5 rings (SSSR count). The first-order valence-corrected chi connectivity index (χ1v) is 11.0. The number of methoxy groups -OCH3 is 1. The third kappa shape index (κ3) is 4.05. The van der Waals surface area contributed by atoms with Crippen molar-refractivity contribution in [2.45, 2.75) is 24.7 Å². The number of anilines is 2. The van der Waals surface area contributed by atoms with Crippen molar-refractivity contribution >= 4 is 17.7 Å². The monoisotopic (exact) mass is 452 g/mol. The number of carbonyl (C=O) groups is 1. The molecule has 0 spiro atoms. The van der Waals surface area contributed by atoms with E-state index in [1.807, 2.05) is 42.5 Å². The molecule has 3 N–H and O–H groups in total. The zero-order valence-electron chi connectivity index (χ0n) is 18.7. The van der Waals surface area contributed by atoms with Crippen LogP contribution < -0.4 is 15.8 Å². The van der Waals surface area contributed by atoms with Gasteiger partial charge in [-0.3, -0.25) is 9.78 Å². The molecule has 1 fully saturated rings. The van der Waals surface area contributed by atoms with E-state index in [0.29, 0.717) is 11.6 Å². The zero-order valence-corrected chi connectivity index (χ0v) is 18.7. The number of rotatable bonds is 6. The summed E-state index contributed by atoms with van der Waals surface area (Å²) in [6.45, 7) is 0. The summed E-state index contributed by atoms with van der Waals surface area (Å²) in [5.41, 5.74) is 9.67. The van der Waals surface area contributed by atoms with Gasteiger partial charge in [-0.25, -0.2) is 15.0 Å². The SMILES string of the molecule is COc1cncc(-c2ccc(NC(=O)C3(c4ccc(-c5cnc(N)nc5)cc4)CCC3)nc2)c1. The van der Waals surface area contributed by atoms with Gasteiger partial charge >= 0.3 is 0 Å². The second kappa shape index (κ2) is 8.90. The fourth-order valence-electron chi connectivity index (χ4n) is 4.21. The van der Waals surface area contributed by atoms with E-state index >= 15 is 0 Å². The average molecular weight is 453 g/mol. The van der Waals surface area contributed by atoms with Crippen LogP contribution >= 0.6 is 0 Å². The topological polar surface area (TPSA) is 116 Å². The first-order valence-electron chi connectivity index (χ1n) is 11.0. The van der Waals surface area contributed by atoms with E-state index in [4.69, 9.17) is 10.5 Å². The number of nitrogens with two attached hydrogens (primary N) is 1. The number of benzene rings is 1. The minimum Gasteiger partial charge on any atom is -0.495 e. The van der Waals surface area contributed by atoms with Crippen molar-refractivity contribution in [3.05, 3.63) is 79.0 Å². The van der Waals surface area contributed by atoms with Crippen LogP contribution in [0.5, 0.6) is 5.75 Å². The molecule has 0 aliphatic heterocycles. The normalized spacial score (nSPS) is 14.1. The zero-order chi connectivity index (χ0) is 23.5. The molecule has 34 heavy (non-hydrogen) atoms. The summed E-state index contributed by atoms with van der Waals surface area (Å²) < 4.78 is 5.24. The highest BCUT2D eigenvalue weighted by atomic mass is 16.5. The number of hydrogen-bond donors (Lipinski definition) is 2. The van der Waals surface area contributed by atoms with E-state index < -0.39 is 5.41 Å². The molecule has 0 bridgehead atoms. The minimum absolute atomic E-state index is 0.0365. The van der Waals surface area contributed by atoms with E-state index in [1.54, 1.807) is 38.1 Å². The number of nitrogens with one attached hydrogen (secondary N) is 1. The number of carbonyl (C=O) groups excluding carboxylic acids is 1. The highest BCUT2D eigenvalue weighted by Gasteiger charge is 2.45. The fraction of sp³-hybridized carbons (Fsp3) is 0.192. The largest absolute Gasteiger partial charge is 0.495 e. The lowest BCUT2D eigenvalue weighted by molar-refractivity contribution is -0.124. The van der Waals surface area contributed by atoms with E-state index in [1.165, 1.54) is 0 Å². The van der Waals surface area contributed by atoms with E-state index in [2.05, 4.69) is 25.3 Å². The number of nitrogen functional groups attached to an aromatic ring is 1. The summed E-state index contributed by atoms with van der Waals surface area (Å²) in [5.74, 6) is 1.40. The predicted octanol–water partition coefficient (Wildman–Crippen LogP) is 4.25. The van der Waals surface area contributed by atoms with Crippen molar-refractivity contribution in [2.75, 3.05) is 18.2 Å². The molecule has 3 heterocycles. The molecular formula is C26H24N6O2. The Morgan fingerprint density at radius 1 is 0.882 bits per heavy atom. The molecule has 1 amide bonds. The molecule has 1 aromatic carbocycles. The van der Waals surface area contributed by atoms with Crippen molar-refractivity contribution in [1.82, 2.24) is 19.9 Å². The average Bonchev–Trinajstić information content (AvgIpc) is 2.85. The molecule has 1 saturated carbocycles. The van der Waals surface area contributed by atoms with Crippen LogP contribution in [0.2, 0.25) is 0 Å². The Labute approximate surface area is 197 Å². The minimum atomic E-state index is -0.548. The predicted molar refractivity (Wildman–Crippen MR) is 130 cm³/mol. The van der Waals surface area contributed by atoms with Crippen molar-refractivity contribution < 1.29 is 9.53 Å². The molecule has 0 atom stereocenters. The van der Waals surface area contributed by atoms with Gasteiger partial charge in [0.2, 0.25) is 11.9 Å². The fourth-order valence-corrected chi connectivity index (χ4v) is 4.21. The van der Waals surface area contributed by atoms with Gasteiger partial charge in [0.25, 0.3) is 0 Å². The Kier molecular flexibility index (Phi) is 5.63. The molecule has 8 heteroatoms. The van der Waals surface area contributed by atoms with Crippen molar-refractivity contribution in [2.24, 2.45) is 0 Å². The Morgan fingerprint density at radius 3 is 2.21 bits per heavy atom. The lowest BCUT2D eigenvalue weighted by Crippen LogP contribution is -2.46. The molecular weight excluding hydrogens is 428 g/mol. The van der Waals surface area contributed by atoms with Gasteiger partial charge in [0.15, 0.2) is 0 Å². The third-order valence-electron chi connectivity index (χ3n) is 6.37. The summed E-state index contributed by atoms with van der Waals surface area (Å²) in [7, 11) is 1.61. The standard InChI is InChI=1S/C26H24N6O2/c1-34-22-11-19(12-28-16-22)18-5-8-23(29-13-18)32-24(33)26(9-2-10-26)21-6-3-17(4-7-21)20-14-30-25(27)31-15-20/h3-8,11-16H,2,9-10H2,1H3,(H2,27,30,31)(H,29,32,33). The molecule has 1 aliphatic rings. The summed E-state index contributed by atoms with van der Waals surface area (Å²) in [5, 5.41) is 3.01. The number of aromatic nitrogens is 4. The number of nitrogens with zero attached hydrogens (tertiary/aromatic N) is 4. The van der Waals surface area contributed by atoms with Gasteiger partial charge in [0, 0.05) is 41.5 Å². The molecule has 4 aromatic rings. The van der Waals surface area contributed by atoms with Crippen molar-refractivity contribution in [3.8, 4) is 28.0 Å². The maximum atomic E-state index is 13.3. The van der Waals surface area contributed by atoms with Crippen molar-refractivity contribution in [1.29, 1.82) is 0 Å². The van der Waals surface area contributed by atoms with Gasteiger partial charge in [0.05, 0.1) is 18.7 Å². The Hall–Kier alpha value is -4.33. The highest BCUT2D eigenvalue weighted by Crippen LogP contribution is 2.45.